The molecule has 0 aliphatic rings. The molecule has 0 atom stereocenters. The Balaban J connectivity index is 2.25. The molecule has 0 amide bonds. The van der Waals surface area contributed by atoms with E-state index in [9.17, 15) is 10.2 Å². The summed E-state index contributed by atoms with van der Waals surface area (Å²) in [6.07, 6.45) is 3.84. The Morgan fingerprint density at radius 1 is 1.00 bits per heavy atom. The average Bonchev–Trinajstić information content (AvgIpc) is 3.04. The van der Waals surface area contributed by atoms with Crippen LogP contribution in [0.3, 0.4) is 0 Å². The molecule has 20 heavy (non-hydrogen) atoms. The number of aromatic nitrogens is 2. The minimum absolute atomic E-state index is 0.0701. The number of aromatic amines is 1. The molecule has 3 aromatic heterocycles. The van der Waals surface area contributed by atoms with Gasteiger partial charge in [0.15, 0.2) is 0 Å². The first-order valence-electron chi connectivity index (χ1n) is 6.57. The monoisotopic (exact) mass is 266 g/mol. The Morgan fingerprint density at radius 3 is 2.65 bits per heavy atom. The Morgan fingerprint density at radius 2 is 1.85 bits per heavy atom. The van der Waals surface area contributed by atoms with Crippen molar-refractivity contribution in [3.8, 4) is 0 Å². The maximum atomic E-state index is 9.63. The molecule has 3 N–H and O–H groups in total. The van der Waals surface area contributed by atoms with Gasteiger partial charge in [-0.25, -0.2) is 0 Å². The molecule has 0 spiro atoms. The van der Waals surface area contributed by atoms with Crippen molar-refractivity contribution in [3.05, 3.63) is 53.9 Å². The molecule has 3 heterocycles. The van der Waals surface area contributed by atoms with Crippen molar-refractivity contribution in [2.75, 3.05) is 0 Å². The zero-order chi connectivity index (χ0) is 13.7. The maximum Gasteiger partial charge on any atom is 0.0752 e. The maximum absolute atomic E-state index is 9.63. The first-order valence-corrected chi connectivity index (χ1v) is 6.57. The number of hydrogen-bond acceptors (Lipinski definition) is 2. The van der Waals surface area contributed by atoms with Gasteiger partial charge in [-0.15, -0.1) is 0 Å². The lowest BCUT2D eigenvalue weighted by Gasteiger charge is -2.00. The molecule has 1 aromatic carbocycles. The fourth-order valence-electron chi connectivity index (χ4n) is 3.01. The van der Waals surface area contributed by atoms with Crippen LogP contribution >= 0.6 is 0 Å². The number of nitrogens with zero attached hydrogens (tertiary/aromatic N) is 1. The average molecular weight is 266 g/mol. The number of aliphatic hydroxyl groups is 2. The van der Waals surface area contributed by atoms with Gasteiger partial charge in [0.25, 0.3) is 0 Å². The highest BCUT2D eigenvalue weighted by Gasteiger charge is 2.14. The highest BCUT2D eigenvalue weighted by atomic mass is 16.3. The predicted molar refractivity (Wildman–Crippen MR) is 78.6 cm³/mol. The fraction of sp³-hybridized carbons (Fsp3) is 0.125. The minimum Gasteiger partial charge on any atom is -0.392 e. The molecule has 0 unspecified atom stereocenters. The van der Waals surface area contributed by atoms with Gasteiger partial charge in [-0.05, 0) is 12.1 Å². The van der Waals surface area contributed by atoms with Gasteiger partial charge in [0.2, 0.25) is 0 Å². The quantitative estimate of drug-likeness (QED) is 0.522. The summed E-state index contributed by atoms with van der Waals surface area (Å²) in [6, 6.07) is 10.2. The van der Waals surface area contributed by atoms with E-state index in [1.54, 1.807) is 0 Å². The molecule has 0 saturated carbocycles. The second kappa shape index (κ2) is 4.10. The Labute approximate surface area is 114 Å². The first kappa shape index (κ1) is 11.5. The number of aliphatic hydroxyl groups excluding tert-OH is 2. The molecule has 4 rings (SSSR count). The summed E-state index contributed by atoms with van der Waals surface area (Å²) in [5, 5.41) is 21.4. The Hall–Kier alpha value is -2.30. The van der Waals surface area contributed by atoms with Gasteiger partial charge in [0.1, 0.15) is 0 Å². The summed E-state index contributed by atoms with van der Waals surface area (Å²) in [4.78, 5) is 3.42. The highest BCUT2D eigenvalue weighted by Crippen LogP contribution is 2.31. The third-order valence-corrected chi connectivity index (χ3v) is 3.94. The number of rotatable bonds is 2. The molecule has 0 bridgehead atoms. The molecule has 4 nitrogen and oxygen atoms in total. The molecule has 4 heteroatoms. The van der Waals surface area contributed by atoms with Crippen LogP contribution in [-0.4, -0.2) is 19.6 Å². The zero-order valence-corrected chi connectivity index (χ0v) is 10.8. The van der Waals surface area contributed by atoms with Crippen molar-refractivity contribution in [1.29, 1.82) is 0 Å². The van der Waals surface area contributed by atoms with Gasteiger partial charge < -0.3 is 19.6 Å². The number of para-hydroxylation sites is 1. The van der Waals surface area contributed by atoms with E-state index in [4.69, 9.17) is 0 Å². The SMILES string of the molecule is OCc1cn2ccc3c4ccccc4[nH]c3c2c1CO. The second-order valence-electron chi connectivity index (χ2n) is 4.98. The van der Waals surface area contributed by atoms with Crippen molar-refractivity contribution in [2.24, 2.45) is 0 Å². The number of H-pyrrole nitrogens is 1. The molecule has 0 saturated heterocycles. The van der Waals surface area contributed by atoms with Crippen LogP contribution in [0.15, 0.2) is 42.7 Å². The summed E-state index contributed by atoms with van der Waals surface area (Å²) in [6.45, 7) is -0.153. The number of nitrogens with one attached hydrogen (secondary N) is 1. The molecule has 0 fully saturated rings. The van der Waals surface area contributed by atoms with E-state index in [2.05, 4.69) is 17.1 Å². The van der Waals surface area contributed by atoms with Crippen molar-refractivity contribution in [3.63, 3.8) is 0 Å². The van der Waals surface area contributed by atoms with E-state index in [0.717, 1.165) is 33.1 Å². The summed E-state index contributed by atoms with van der Waals surface area (Å²) in [5.41, 5.74) is 4.55. The minimum atomic E-state index is -0.0825. The summed E-state index contributed by atoms with van der Waals surface area (Å²) < 4.78 is 1.95. The van der Waals surface area contributed by atoms with Crippen LogP contribution < -0.4 is 0 Å². The molecule has 4 aromatic rings. The van der Waals surface area contributed by atoms with Gasteiger partial charge in [-0.2, -0.15) is 0 Å². The van der Waals surface area contributed by atoms with Crippen molar-refractivity contribution in [2.45, 2.75) is 13.2 Å². The van der Waals surface area contributed by atoms with Gasteiger partial charge >= 0.3 is 0 Å². The Bertz CT molecular complexity index is 934. The van der Waals surface area contributed by atoms with E-state index < -0.39 is 0 Å². The van der Waals surface area contributed by atoms with Crippen LogP contribution in [0.5, 0.6) is 0 Å². The molecule has 0 radical (unpaired) electrons. The van der Waals surface area contributed by atoms with Crippen LogP contribution in [0.1, 0.15) is 11.1 Å². The largest absolute Gasteiger partial charge is 0.392 e. The third-order valence-electron chi connectivity index (χ3n) is 3.94. The van der Waals surface area contributed by atoms with E-state index in [1.165, 1.54) is 5.39 Å². The van der Waals surface area contributed by atoms with Crippen molar-refractivity contribution < 1.29 is 10.2 Å². The van der Waals surface area contributed by atoms with Gasteiger partial charge in [0.05, 0.1) is 24.2 Å². The molecule has 0 aliphatic carbocycles. The van der Waals surface area contributed by atoms with E-state index in [1.807, 2.05) is 35.0 Å². The normalized spacial score (nSPS) is 11.9. The van der Waals surface area contributed by atoms with Crippen molar-refractivity contribution >= 4 is 27.3 Å². The Kier molecular flexibility index (Phi) is 2.36. The fourth-order valence-corrected chi connectivity index (χ4v) is 3.01. The number of fused-ring (bicyclic) bond motifs is 5. The molecule has 0 aliphatic heterocycles. The van der Waals surface area contributed by atoms with Crippen molar-refractivity contribution in [1.82, 2.24) is 9.38 Å². The van der Waals surface area contributed by atoms with Crippen LogP contribution in [0, 0.1) is 0 Å². The number of hydrogen-bond donors (Lipinski definition) is 3. The first-order chi connectivity index (χ1) is 9.83. The van der Waals surface area contributed by atoms with Crippen LogP contribution in [0.2, 0.25) is 0 Å². The molecular weight excluding hydrogens is 252 g/mol. The zero-order valence-electron chi connectivity index (χ0n) is 10.8. The van der Waals surface area contributed by atoms with Crippen LogP contribution in [-0.2, 0) is 13.2 Å². The van der Waals surface area contributed by atoms with Crippen LogP contribution in [0.4, 0.5) is 0 Å². The predicted octanol–water partition coefficient (Wildman–Crippen LogP) is 2.56. The lowest BCUT2D eigenvalue weighted by atomic mass is 10.1. The molecule has 100 valence electrons. The molecular formula is C16H14N2O2. The van der Waals surface area contributed by atoms with Crippen LogP contribution in [0.25, 0.3) is 27.3 Å². The summed E-state index contributed by atoms with van der Waals surface area (Å²) in [7, 11) is 0. The van der Waals surface area contributed by atoms with E-state index in [0.29, 0.717) is 0 Å². The summed E-state index contributed by atoms with van der Waals surface area (Å²) >= 11 is 0. The lowest BCUT2D eigenvalue weighted by Crippen LogP contribution is -1.89. The highest BCUT2D eigenvalue weighted by molar-refractivity contribution is 6.12. The standard InChI is InChI=1S/C16H14N2O2/c19-8-10-7-18-6-5-12-11-3-1-2-4-14(11)17-15(12)16(18)13(10)9-20/h1-7,17,19-20H,8-9H2. The smallest absolute Gasteiger partial charge is 0.0752 e. The van der Waals surface area contributed by atoms with Gasteiger partial charge in [-0.1, -0.05) is 18.2 Å². The lowest BCUT2D eigenvalue weighted by molar-refractivity contribution is 0.262. The number of pyridine rings is 1. The third kappa shape index (κ3) is 1.37. The summed E-state index contributed by atoms with van der Waals surface area (Å²) in [5.74, 6) is 0. The van der Waals surface area contributed by atoms with Gasteiger partial charge in [-0.3, -0.25) is 0 Å². The van der Waals surface area contributed by atoms with E-state index >= 15 is 0 Å². The second-order valence-corrected chi connectivity index (χ2v) is 4.98. The number of benzene rings is 1. The topological polar surface area (TPSA) is 60.7 Å². The van der Waals surface area contributed by atoms with Gasteiger partial charge in [0, 0.05) is 39.8 Å². The van der Waals surface area contributed by atoms with E-state index in [-0.39, 0.29) is 13.2 Å².